The van der Waals surface area contributed by atoms with Gasteiger partial charge in [0.1, 0.15) is 4.88 Å². The van der Waals surface area contributed by atoms with E-state index < -0.39 is 5.97 Å². The molecule has 0 atom stereocenters. The Hall–Kier alpha value is -1.94. The lowest BCUT2D eigenvalue weighted by Crippen LogP contribution is -1.97. The van der Waals surface area contributed by atoms with E-state index >= 15 is 0 Å². The van der Waals surface area contributed by atoms with Gasteiger partial charge in [-0.05, 0) is 17.0 Å². The summed E-state index contributed by atoms with van der Waals surface area (Å²) in [5.74, 6) is -0.429. The van der Waals surface area contributed by atoms with E-state index in [4.69, 9.17) is 4.84 Å². The molecule has 0 saturated heterocycles. The van der Waals surface area contributed by atoms with Crippen LogP contribution >= 0.6 is 11.3 Å². The third kappa shape index (κ3) is 2.77. The summed E-state index contributed by atoms with van der Waals surface area (Å²) in [6.45, 7) is 0. The van der Waals surface area contributed by atoms with Gasteiger partial charge in [0.25, 0.3) is 0 Å². The van der Waals surface area contributed by atoms with Crippen molar-refractivity contribution >= 4 is 23.5 Å². The van der Waals surface area contributed by atoms with Crippen molar-refractivity contribution in [2.24, 2.45) is 5.16 Å². The van der Waals surface area contributed by atoms with Gasteiger partial charge in [0.2, 0.25) is 0 Å². The maximum atomic E-state index is 11.4. The zero-order valence-electron chi connectivity index (χ0n) is 8.37. The van der Waals surface area contributed by atoms with E-state index in [1.54, 1.807) is 12.1 Å². The highest BCUT2D eigenvalue weighted by molar-refractivity contribution is 7.11. The molecule has 0 unspecified atom stereocenters. The fourth-order valence-corrected chi connectivity index (χ4v) is 1.71. The van der Waals surface area contributed by atoms with E-state index in [1.807, 2.05) is 35.7 Å². The number of carbonyl (C=O) groups is 1. The van der Waals surface area contributed by atoms with Crippen LogP contribution in [0.3, 0.4) is 0 Å². The minimum absolute atomic E-state index is 0.429. The second-order valence-corrected chi connectivity index (χ2v) is 3.95. The monoisotopic (exact) mass is 231 g/mol. The Morgan fingerprint density at radius 1 is 1.19 bits per heavy atom. The Balaban J connectivity index is 1.93. The predicted molar refractivity (Wildman–Crippen MR) is 63.8 cm³/mol. The molecule has 2 aromatic rings. The van der Waals surface area contributed by atoms with Crippen LogP contribution in [0.1, 0.15) is 15.2 Å². The summed E-state index contributed by atoms with van der Waals surface area (Å²) in [5.41, 5.74) is 0.890. The van der Waals surface area contributed by atoms with Crippen molar-refractivity contribution < 1.29 is 9.63 Å². The molecule has 1 heterocycles. The van der Waals surface area contributed by atoms with Gasteiger partial charge in [0, 0.05) is 0 Å². The zero-order valence-corrected chi connectivity index (χ0v) is 9.18. The van der Waals surface area contributed by atoms with Crippen LogP contribution in [0.2, 0.25) is 0 Å². The van der Waals surface area contributed by atoms with Crippen molar-refractivity contribution in [3.8, 4) is 0 Å². The minimum atomic E-state index is -0.429. The number of rotatable bonds is 3. The van der Waals surface area contributed by atoms with E-state index in [0.717, 1.165) is 5.56 Å². The fraction of sp³-hybridized carbons (Fsp3) is 0. The predicted octanol–water partition coefficient (Wildman–Crippen LogP) is 2.94. The van der Waals surface area contributed by atoms with E-state index in [-0.39, 0.29) is 0 Å². The lowest BCUT2D eigenvalue weighted by Gasteiger charge is -1.93. The molecule has 0 aliphatic rings. The summed E-state index contributed by atoms with van der Waals surface area (Å²) >= 11 is 1.33. The average molecular weight is 231 g/mol. The number of oxime groups is 1. The molecule has 0 amide bonds. The Morgan fingerprint density at radius 3 is 2.69 bits per heavy atom. The summed E-state index contributed by atoms with van der Waals surface area (Å²) in [6, 6.07) is 12.9. The standard InChI is InChI=1S/C12H9NO2S/c14-12(11-7-4-8-16-11)15-13-9-10-5-2-1-3-6-10/h1-9H/b13-9+. The van der Waals surface area contributed by atoms with E-state index in [9.17, 15) is 4.79 Å². The lowest BCUT2D eigenvalue weighted by molar-refractivity contribution is 0.0525. The minimum Gasteiger partial charge on any atom is -0.312 e. The van der Waals surface area contributed by atoms with Crippen LogP contribution in [0.4, 0.5) is 0 Å². The van der Waals surface area contributed by atoms with Gasteiger partial charge in [-0.15, -0.1) is 11.3 Å². The van der Waals surface area contributed by atoms with Gasteiger partial charge >= 0.3 is 5.97 Å². The normalized spacial score (nSPS) is 10.5. The van der Waals surface area contributed by atoms with Crippen molar-refractivity contribution in [3.05, 3.63) is 58.3 Å². The molecule has 2 rings (SSSR count). The van der Waals surface area contributed by atoms with Crippen LogP contribution in [-0.2, 0) is 4.84 Å². The van der Waals surface area contributed by atoms with Gasteiger partial charge in [0.15, 0.2) is 0 Å². The number of nitrogens with zero attached hydrogens (tertiary/aromatic N) is 1. The Labute approximate surface area is 97.0 Å². The van der Waals surface area contributed by atoms with Crippen LogP contribution in [0.5, 0.6) is 0 Å². The Bertz CT molecular complexity index is 477. The van der Waals surface area contributed by atoms with Gasteiger partial charge < -0.3 is 4.84 Å². The molecule has 0 spiro atoms. The van der Waals surface area contributed by atoms with Crippen LogP contribution in [-0.4, -0.2) is 12.2 Å². The average Bonchev–Trinajstić information content (AvgIpc) is 2.84. The van der Waals surface area contributed by atoms with Gasteiger partial charge in [0.05, 0.1) is 6.21 Å². The molecular weight excluding hydrogens is 222 g/mol. The highest BCUT2D eigenvalue weighted by atomic mass is 32.1. The van der Waals surface area contributed by atoms with Crippen molar-refractivity contribution in [2.75, 3.05) is 0 Å². The summed E-state index contributed by atoms with van der Waals surface area (Å²) in [5, 5.41) is 5.45. The molecule has 0 fully saturated rings. The number of carbonyl (C=O) groups excluding carboxylic acids is 1. The zero-order chi connectivity index (χ0) is 11.2. The third-order valence-electron chi connectivity index (χ3n) is 1.86. The van der Waals surface area contributed by atoms with Crippen molar-refractivity contribution in [1.29, 1.82) is 0 Å². The molecular formula is C12H9NO2S. The molecule has 3 nitrogen and oxygen atoms in total. The van der Waals surface area contributed by atoms with Gasteiger partial charge in [-0.3, -0.25) is 0 Å². The second kappa shape index (κ2) is 5.23. The third-order valence-corrected chi connectivity index (χ3v) is 2.71. The Morgan fingerprint density at radius 2 is 2.00 bits per heavy atom. The van der Waals surface area contributed by atoms with Crippen LogP contribution in [0.15, 0.2) is 53.0 Å². The topological polar surface area (TPSA) is 38.7 Å². The molecule has 80 valence electrons. The van der Waals surface area contributed by atoms with Crippen LogP contribution in [0, 0.1) is 0 Å². The quantitative estimate of drug-likeness (QED) is 0.463. The van der Waals surface area contributed by atoms with Crippen LogP contribution in [0.25, 0.3) is 0 Å². The lowest BCUT2D eigenvalue weighted by atomic mass is 10.2. The summed E-state index contributed by atoms with van der Waals surface area (Å²) in [4.78, 5) is 16.6. The van der Waals surface area contributed by atoms with Crippen LogP contribution < -0.4 is 0 Å². The van der Waals surface area contributed by atoms with E-state index in [0.29, 0.717) is 4.88 Å². The molecule has 0 bridgehead atoms. The largest absolute Gasteiger partial charge is 0.375 e. The smallest absolute Gasteiger partial charge is 0.312 e. The molecule has 16 heavy (non-hydrogen) atoms. The van der Waals surface area contributed by atoms with Crippen molar-refractivity contribution in [3.63, 3.8) is 0 Å². The molecule has 0 aliphatic carbocycles. The molecule has 1 aromatic heterocycles. The fourth-order valence-electron chi connectivity index (χ4n) is 1.11. The molecule has 0 saturated carbocycles. The van der Waals surface area contributed by atoms with Gasteiger partial charge in [-0.1, -0.05) is 41.6 Å². The molecule has 0 radical (unpaired) electrons. The molecule has 4 heteroatoms. The first-order valence-electron chi connectivity index (χ1n) is 4.69. The van der Waals surface area contributed by atoms with Gasteiger partial charge in [-0.2, -0.15) is 0 Å². The number of hydrogen-bond donors (Lipinski definition) is 0. The highest BCUT2D eigenvalue weighted by Crippen LogP contribution is 2.09. The number of thiophene rings is 1. The first-order chi connectivity index (χ1) is 7.86. The summed E-state index contributed by atoms with van der Waals surface area (Å²) in [6.07, 6.45) is 1.51. The number of benzene rings is 1. The van der Waals surface area contributed by atoms with Crippen molar-refractivity contribution in [2.45, 2.75) is 0 Å². The summed E-state index contributed by atoms with van der Waals surface area (Å²) < 4.78 is 0. The highest BCUT2D eigenvalue weighted by Gasteiger charge is 2.06. The molecule has 0 N–H and O–H groups in total. The van der Waals surface area contributed by atoms with E-state index in [2.05, 4.69) is 5.16 Å². The van der Waals surface area contributed by atoms with E-state index in [1.165, 1.54) is 17.6 Å². The summed E-state index contributed by atoms with van der Waals surface area (Å²) in [7, 11) is 0. The van der Waals surface area contributed by atoms with Gasteiger partial charge in [-0.25, -0.2) is 4.79 Å². The maximum Gasteiger partial charge on any atom is 0.375 e. The second-order valence-electron chi connectivity index (χ2n) is 3.00. The molecule has 1 aromatic carbocycles. The Kier molecular flexibility index (Phi) is 3.46. The van der Waals surface area contributed by atoms with Crippen molar-refractivity contribution in [1.82, 2.24) is 0 Å². The first kappa shape index (κ1) is 10.6. The maximum absolute atomic E-state index is 11.4. The number of hydrogen-bond acceptors (Lipinski definition) is 4. The SMILES string of the molecule is O=C(O/N=C/c1ccccc1)c1cccs1. The molecule has 0 aliphatic heterocycles. The first-order valence-corrected chi connectivity index (χ1v) is 5.57.